The molecule has 0 radical (unpaired) electrons. The summed E-state index contributed by atoms with van der Waals surface area (Å²) in [6, 6.07) is 18.2. The largest absolute Gasteiger partial charge is 0.505 e. The Morgan fingerprint density at radius 3 is 2.46 bits per heavy atom. The number of hydrogen-bond donors (Lipinski definition) is 1. The Morgan fingerprint density at radius 2 is 1.76 bits per heavy atom. The number of nitrogens with zero attached hydrogens (tertiary/aromatic N) is 3. The maximum absolute atomic E-state index is 13.6. The van der Waals surface area contributed by atoms with Gasteiger partial charge in [-0.15, -0.1) is 0 Å². The van der Waals surface area contributed by atoms with Gasteiger partial charge in [0, 0.05) is 12.7 Å². The molecule has 0 saturated carbocycles. The van der Waals surface area contributed by atoms with Crippen molar-refractivity contribution in [3.8, 4) is 11.5 Å². The number of carbonyl (C=O) groups excluding carboxylic acids is 2. The van der Waals surface area contributed by atoms with E-state index in [4.69, 9.17) is 9.47 Å². The van der Waals surface area contributed by atoms with Crippen molar-refractivity contribution < 1.29 is 24.2 Å². The molecule has 41 heavy (non-hydrogen) atoms. The molecule has 5 rings (SSSR count). The van der Waals surface area contributed by atoms with Gasteiger partial charge in [-0.25, -0.2) is 4.98 Å². The van der Waals surface area contributed by atoms with Gasteiger partial charge < -0.3 is 23.9 Å². The fraction of sp³-hybridized carbons (Fsp3) is 0.303. The maximum atomic E-state index is 13.6. The summed E-state index contributed by atoms with van der Waals surface area (Å²) in [6.45, 7) is 8.92. The zero-order valence-electron chi connectivity index (χ0n) is 23.9. The van der Waals surface area contributed by atoms with E-state index in [1.54, 1.807) is 12.1 Å². The van der Waals surface area contributed by atoms with Gasteiger partial charge in [0.25, 0.3) is 11.7 Å². The smallest absolute Gasteiger partial charge is 0.295 e. The Labute approximate surface area is 239 Å². The van der Waals surface area contributed by atoms with Crippen LogP contribution in [0.4, 0.5) is 0 Å². The fourth-order valence-corrected chi connectivity index (χ4v) is 5.32. The summed E-state index contributed by atoms with van der Waals surface area (Å²) < 4.78 is 13.7. The van der Waals surface area contributed by atoms with E-state index in [-0.39, 0.29) is 23.6 Å². The molecule has 4 aromatic rings. The minimum absolute atomic E-state index is 0.0110. The van der Waals surface area contributed by atoms with Crippen LogP contribution in [0.3, 0.4) is 0 Å². The zero-order chi connectivity index (χ0) is 29.1. The van der Waals surface area contributed by atoms with E-state index in [1.165, 1.54) is 4.90 Å². The van der Waals surface area contributed by atoms with Crippen LogP contribution < -0.4 is 9.47 Å². The molecule has 2 aromatic heterocycles. The standard InChI is InChI=1S/C33H35N3O5/c1-5-19-41-25-15-14-24(20-26(25)40-6-2)29-27(30(37)28-22(4)35-17-10-11-21(3)32(35)34-28)31(38)33(39)36(29)18-16-23-12-8-7-9-13-23/h7-15,17,20,29,37H,5-6,16,18-19H2,1-4H3/b30-27+. The van der Waals surface area contributed by atoms with Crippen LogP contribution in [-0.2, 0) is 16.0 Å². The molecular formula is C33H35N3O5. The molecule has 2 aromatic carbocycles. The first kappa shape index (κ1) is 28.0. The van der Waals surface area contributed by atoms with Crippen molar-refractivity contribution in [1.82, 2.24) is 14.3 Å². The molecule has 8 heteroatoms. The lowest BCUT2D eigenvalue weighted by molar-refractivity contribution is -0.139. The van der Waals surface area contributed by atoms with Crippen LogP contribution >= 0.6 is 0 Å². The van der Waals surface area contributed by atoms with Crippen LogP contribution in [0.5, 0.6) is 11.5 Å². The molecule has 1 fully saturated rings. The third kappa shape index (κ3) is 5.29. The normalized spacial score (nSPS) is 16.5. The Morgan fingerprint density at radius 1 is 0.976 bits per heavy atom. The quantitative estimate of drug-likeness (QED) is 0.152. The van der Waals surface area contributed by atoms with Crippen molar-refractivity contribution in [2.75, 3.05) is 19.8 Å². The molecular weight excluding hydrogens is 518 g/mol. The summed E-state index contributed by atoms with van der Waals surface area (Å²) in [4.78, 5) is 33.4. The molecule has 212 valence electrons. The lowest BCUT2D eigenvalue weighted by atomic mass is 9.95. The van der Waals surface area contributed by atoms with Crippen LogP contribution in [0.15, 0.2) is 72.4 Å². The topological polar surface area (TPSA) is 93.4 Å². The van der Waals surface area contributed by atoms with E-state index in [0.717, 1.165) is 17.5 Å². The van der Waals surface area contributed by atoms with Crippen LogP contribution in [0.25, 0.3) is 11.4 Å². The minimum Gasteiger partial charge on any atom is -0.505 e. The van der Waals surface area contributed by atoms with Gasteiger partial charge in [-0.3, -0.25) is 9.59 Å². The number of hydrogen-bond acceptors (Lipinski definition) is 6. The monoisotopic (exact) mass is 553 g/mol. The molecule has 1 N–H and O–H groups in total. The first-order valence-electron chi connectivity index (χ1n) is 14.0. The molecule has 0 spiro atoms. The number of carbonyl (C=O) groups is 2. The molecule has 1 saturated heterocycles. The Bertz CT molecular complexity index is 1620. The molecule has 3 heterocycles. The highest BCUT2D eigenvalue weighted by Gasteiger charge is 2.46. The van der Waals surface area contributed by atoms with Gasteiger partial charge >= 0.3 is 0 Å². The van der Waals surface area contributed by atoms with Gasteiger partial charge in [0.1, 0.15) is 11.3 Å². The number of pyridine rings is 1. The molecule has 0 bridgehead atoms. The minimum atomic E-state index is -0.830. The summed E-state index contributed by atoms with van der Waals surface area (Å²) in [5.41, 5.74) is 4.25. The van der Waals surface area contributed by atoms with Crippen molar-refractivity contribution in [2.24, 2.45) is 0 Å². The van der Waals surface area contributed by atoms with Crippen molar-refractivity contribution in [2.45, 2.75) is 46.6 Å². The predicted molar refractivity (Wildman–Crippen MR) is 157 cm³/mol. The second-order valence-electron chi connectivity index (χ2n) is 10.1. The molecule has 1 atom stereocenters. The van der Waals surface area contributed by atoms with Gasteiger partial charge in [-0.1, -0.05) is 49.4 Å². The lowest BCUT2D eigenvalue weighted by Crippen LogP contribution is -2.31. The maximum Gasteiger partial charge on any atom is 0.295 e. The number of imidazole rings is 1. The number of aromatic nitrogens is 2. The molecule has 1 aliphatic rings. The van der Waals surface area contributed by atoms with E-state index in [0.29, 0.717) is 48.0 Å². The molecule has 0 aliphatic carbocycles. The Balaban J connectivity index is 1.65. The van der Waals surface area contributed by atoms with Gasteiger partial charge in [-0.05, 0) is 68.5 Å². The van der Waals surface area contributed by atoms with E-state index in [2.05, 4.69) is 4.98 Å². The summed E-state index contributed by atoms with van der Waals surface area (Å²) in [5, 5.41) is 11.7. The summed E-state index contributed by atoms with van der Waals surface area (Å²) >= 11 is 0. The van der Waals surface area contributed by atoms with E-state index < -0.39 is 17.7 Å². The van der Waals surface area contributed by atoms with E-state index in [9.17, 15) is 14.7 Å². The van der Waals surface area contributed by atoms with Gasteiger partial charge in [-0.2, -0.15) is 0 Å². The number of likely N-dealkylation sites (tertiary alicyclic amines) is 1. The molecule has 1 unspecified atom stereocenters. The highest BCUT2D eigenvalue weighted by Crippen LogP contribution is 2.42. The lowest BCUT2D eigenvalue weighted by Gasteiger charge is -2.26. The van der Waals surface area contributed by atoms with Crippen LogP contribution in [-0.4, -0.2) is 50.8 Å². The molecule has 1 amide bonds. The number of fused-ring (bicyclic) bond motifs is 1. The Hall–Kier alpha value is -4.59. The number of aliphatic hydroxyl groups is 1. The van der Waals surface area contributed by atoms with Crippen molar-refractivity contribution in [1.29, 1.82) is 0 Å². The second-order valence-corrected chi connectivity index (χ2v) is 10.1. The van der Waals surface area contributed by atoms with Crippen LogP contribution in [0.2, 0.25) is 0 Å². The number of Topliss-reactive ketones (excluding diaryl/α,β-unsaturated/α-hetero) is 1. The van der Waals surface area contributed by atoms with Crippen molar-refractivity contribution in [3.05, 3.63) is 101 Å². The van der Waals surface area contributed by atoms with Crippen LogP contribution in [0.1, 0.15) is 54.4 Å². The average Bonchev–Trinajstić information content (AvgIpc) is 3.45. The summed E-state index contributed by atoms with van der Waals surface area (Å²) in [6.07, 6.45) is 3.25. The number of ketones is 1. The highest BCUT2D eigenvalue weighted by molar-refractivity contribution is 6.46. The van der Waals surface area contributed by atoms with Gasteiger partial charge in [0.05, 0.1) is 30.5 Å². The third-order valence-corrected chi connectivity index (χ3v) is 7.38. The van der Waals surface area contributed by atoms with Gasteiger partial charge in [0.2, 0.25) is 0 Å². The zero-order valence-corrected chi connectivity index (χ0v) is 23.9. The van der Waals surface area contributed by atoms with Crippen LogP contribution in [0, 0.1) is 13.8 Å². The molecule has 1 aliphatic heterocycles. The SMILES string of the molecule is CCCOc1ccc(C2/C(=C(\O)c3nc4c(C)cccn4c3C)C(=O)C(=O)N2CCc2ccccc2)cc1OCC. The molecule has 8 nitrogen and oxygen atoms in total. The highest BCUT2D eigenvalue weighted by atomic mass is 16.5. The number of rotatable bonds is 10. The predicted octanol–water partition coefficient (Wildman–Crippen LogP) is 5.80. The van der Waals surface area contributed by atoms with Crippen molar-refractivity contribution in [3.63, 3.8) is 0 Å². The third-order valence-electron chi connectivity index (χ3n) is 7.38. The Kier molecular flexibility index (Phi) is 8.10. The first-order chi connectivity index (χ1) is 19.8. The number of amides is 1. The second kappa shape index (κ2) is 11.9. The van der Waals surface area contributed by atoms with Gasteiger partial charge in [0.15, 0.2) is 17.3 Å². The summed E-state index contributed by atoms with van der Waals surface area (Å²) in [5.74, 6) is -0.579. The number of benzene rings is 2. The fourth-order valence-electron chi connectivity index (χ4n) is 5.32. The number of aryl methyl sites for hydroxylation is 2. The number of ether oxygens (including phenoxy) is 2. The average molecular weight is 554 g/mol. The number of aliphatic hydroxyl groups excluding tert-OH is 1. The van der Waals surface area contributed by atoms with E-state index in [1.807, 2.05) is 86.8 Å². The first-order valence-corrected chi connectivity index (χ1v) is 14.0. The van der Waals surface area contributed by atoms with E-state index >= 15 is 0 Å². The van der Waals surface area contributed by atoms with Crippen molar-refractivity contribution >= 4 is 23.1 Å². The summed E-state index contributed by atoms with van der Waals surface area (Å²) in [7, 11) is 0.